The van der Waals surface area contributed by atoms with E-state index in [1.165, 1.54) is 6.20 Å². The first kappa shape index (κ1) is 11.8. The number of nitriles is 1. The molecule has 0 aliphatic rings. The molecule has 0 saturated carbocycles. The first-order valence-corrected chi connectivity index (χ1v) is 6.23. The number of nitrogens with zero attached hydrogens (tertiary/aromatic N) is 2. The summed E-state index contributed by atoms with van der Waals surface area (Å²) in [7, 11) is 0. The van der Waals surface area contributed by atoms with Crippen molar-refractivity contribution in [3.8, 4) is 6.07 Å². The largest absolute Gasteiger partial charge is 0.298 e. The van der Waals surface area contributed by atoms with Gasteiger partial charge in [0.15, 0.2) is 5.13 Å². The van der Waals surface area contributed by atoms with Gasteiger partial charge < -0.3 is 0 Å². The Hall–Kier alpha value is -1.71. The number of hydrogen-bond donors (Lipinski definition) is 1. The van der Waals surface area contributed by atoms with E-state index in [-0.39, 0.29) is 5.91 Å². The minimum atomic E-state index is -0.253. The number of halogens is 1. The van der Waals surface area contributed by atoms with Crippen LogP contribution in [-0.4, -0.2) is 10.9 Å². The molecule has 0 atom stereocenters. The Kier molecular flexibility index (Phi) is 3.52. The fourth-order valence-electron chi connectivity index (χ4n) is 1.19. The molecule has 0 aliphatic carbocycles. The third-order valence-corrected chi connectivity index (χ3v) is 3.46. The lowest BCUT2D eigenvalue weighted by Gasteiger charge is -2.03. The molecule has 4 nitrogen and oxygen atoms in total. The highest BCUT2D eigenvalue weighted by molar-refractivity contribution is 9.10. The molecule has 1 heterocycles. The van der Waals surface area contributed by atoms with E-state index in [9.17, 15) is 4.79 Å². The summed E-state index contributed by atoms with van der Waals surface area (Å²) in [5.41, 5.74) is 0.529. The molecular formula is C11H6BrN3OS. The van der Waals surface area contributed by atoms with Crippen LogP contribution in [-0.2, 0) is 0 Å². The number of thiazole rings is 1. The van der Waals surface area contributed by atoms with Gasteiger partial charge in [-0.1, -0.05) is 23.5 Å². The quantitative estimate of drug-likeness (QED) is 0.927. The van der Waals surface area contributed by atoms with E-state index < -0.39 is 0 Å². The second-order valence-electron chi connectivity index (χ2n) is 3.08. The summed E-state index contributed by atoms with van der Waals surface area (Å²) >= 11 is 4.44. The van der Waals surface area contributed by atoms with Crippen molar-refractivity contribution in [2.24, 2.45) is 0 Å². The van der Waals surface area contributed by atoms with Crippen LogP contribution in [0, 0.1) is 11.3 Å². The number of benzene rings is 1. The van der Waals surface area contributed by atoms with Crippen LogP contribution in [0.1, 0.15) is 15.2 Å². The standard InChI is InChI=1S/C11H6BrN3OS/c12-9-4-2-1-3-8(9)10(16)15-11-14-6-7(5-13)17-11/h1-4,6H,(H,14,15,16). The molecule has 0 fully saturated rings. The zero-order chi connectivity index (χ0) is 12.3. The fourth-order valence-corrected chi connectivity index (χ4v) is 2.27. The van der Waals surface area contributed by atoms with Crippen LogP contribution < -0.4 is 5.32 Å². The zero-order valence-corrected chi connectivity index (χ0v) is 10.9. The van der Waals surface area contributed by atoms with Crippen LogP contribution in [0.25, 0.3) is 0 Å². The number of rotatable bonds is 2. The first-order chi connectivity index (χ1) is 8.20. The van der Waals surface area contributed by atoms with E-state index in [1.807, 2.05) is 12.1 Å². The van der Waals surface area contributed by atoms with Crippen molar-refractivity contribution in [3.05, 3.63) is 45.4 Å². The maximum atomic E-state index is 11.9. The number of nitrogens with one attached hydrogen (secondary N) is 1. The van der Waals surface area contributed by atoms with Gasteiger partial charge in [0.05, 0.1) is 11.8 Å². The molecule has 0 bridgehead atoms. The van der Waals surface area contributed by atoms with Gasteiger partial charge in [0.25, 0.3) is 5.91 Å². The molecule has 2 aromatic rings. The monoisotopic (exact) mass is 307 g/mol. The van der Waals surface area contributed by atoms with E-state index in [2.05, 4.69) is 26.2 Å². The van der Waals surface area contributed by atoms with Gasteiger partial charge in [0, 0.05) is 4.47 Å². The van der Waals surface area contributed by atoms with Crippen molar-refractivity contribution < 1.29 is 4.79 Å². The molecule has 2 rings (SSSR count). The van der Waals surface area contributed by atoms with Gasteiger partial charge in [-0.25, -0.2) is 4.98 Å². The normalized spacial score (nSPS) is 9.65. The number of aromatic nitrogens is 1. The van der Waals surface area contributed by atoms with Crippen LogP contribution in [0.4, 0.5) is 5.13 Å². The van der Waals surface area contributed by atoms with E-state index in [0.717, 1.165) is 15.8 Å². The maximum absolute atomic E-state index is 11.9. The summed E-state index contributed by atoms with van der Waals surface area (Å²) in [6.45, 7) is 0. The van der Waals surface area contributed by atoms with Crippen LogP contribution in [0.15, 0.2) is 34.9 Å². The van der Waals surface area contributed by atoms with E-state index in [0.29, 0.717) is 15.6 Å². The molecule has 6 heteroatoms. The van der Waals surface area contributed by atoms with Gasteiger partial charge in [-0.2, -0.15) is 5.26 Å². The average molecular weight is 308 g/mol. The van der Waals surface area contributed by atoms with Crippen LogP contribution in [0.2, 0.25) is 0 Å². The SMILES string of the molecule is N#Cc1cnc(NC(=O)c2ccccc2Br)s1. The lowest BCUT2D eigenvalue weighted by atomic mass is 10.2. The van der Waals surface area contributed by atoms with Gasteiger partial charge in [-0.3, -0.25) is 10.1 Å². The molecular weight excluding hydrogens is 302 g/mol. The highest BCUT2D eigenvalue weighted by Gasteiger charge is 2.11. The number of carbonyl (C=O) groups is 1. The second kappa shape index (κ2) is 5.08. The number of carbonyl (C=O) groups excluding carboxylic acids is 1. The van der Waals surface area contributed by atoms with Crippen LogP contribution in [0.3, 0.4) is 0 Å². The van der Waals surface area contributed by atoms with Crippen molar-refractivity contribution in [1.82, 2.24) is 4.98 Å². The van der Waals surface area contributed by atoms with Crippen molar-refractivity contribution in [2.75, 3.05) is 5.32 Å². The molecule has 1 aromatic carbocycles. The van der Waals surface area contributed by atoms with Gasteiger partial charge in [-0.05, 0) is 28.1 Å². The molecule has 0 aliphatic heterocycles. The number of anilines is 1. The Morgan fingerprint density at radius 2 is 2.24 bits per heavy atom. The minimum Gasteiger partial charge on any atom is -0.298 e. The van der Waals surface area contributed by atoms with Crippen molar-refractivity contribution >= 4 is 38.3 Å². The highest BCUT2D eigenvalue weighted by Crippen LogP contribution is 2.20. The molecule has 0 saturated heterocycles. The van der Waals surface area contributed by atoms with Gasteiger partial charge in [0.1, 0.15) is 10.9 Å². The van der Waals surface area contributed by atoms with Crippen molar-refractivity contribution in [2.45, 2.75) is 0 Å². The predicted octanol–water partition coefficient (Wildman–Crippen LogP) is 3.03. The Labute approximate surface area is 110 Å². The van der Waals surface area contributed by atoms with E-state index >= 15 is 0 Å². The molecule has 1 amide bonds. The summed E-state index contributed by atoms with van der Waals surface area (Å²) in [5, 5.41) is 11.7. The van der Waals surface area contributed by atoms with Gasteiger partial charge in [-0.15, -0.1) is 0 Å². The third kappa shape index (κ3) is 2.70. The second-order valence-corrected chi connectivity index (χ2v) is 4.96. The van der Waals surface area contributed by atoms with Crippen LogP contribution >= 0.6 is 27.3 Å². The number of amides is 1. The fraction of sp³-hybridized carbons (Fsp3) is 0. The lowest BCUT2D eigenvalue weighted by molar-refractivity contribution is 0.102. The molecule has 84 valence electrons. The molecule has 0 spiro atoms. The molecule has 0 radical (unpaired) electrons. The Morgan fingerprint density at radius 3 is 2.88 bits per heavy atom. The van der Waals surface area contributed by atoms with Crippen LogP contribution in [0.5, 0.6) is 0 Å². The van der Waals surface area contributed by atoms with E-state index in [4.69, 9.17) is 5.26 Å². The Morgan fingerprint density at radius 1 is 1.47 bits per heavy atom. The topological polar surface area (TPSA) is 65.8 Å². The van der Waals surface area contributed by atoms with E-state index in [1.54, 1.807) is 18.2 Å². The molecule has 1 aromatic heterocycles. The smallest absolute Gasteiger partial charge is 0.258 e. The minimum absolute atomic E-state index is 0.253. The Bertz CT molecular complexity index is 603. The summed E-state index contributed by atoms with van der Waals surface area (Å²) in [6.07, 6.45) is 1.43. The highest BCUT2D eigenvalue weighted by atomic mass is 79.9. The molecule has 17 heavy (non-hydrogen) atoms. The summed E-state index contributed by atoms with van der Waals surface area (Å²) in [5.74, 6) is -0.253. The zero-order valence-electron chi connectivity index (χ0n) is 8.48. The summed E-state index contributed by atoms with van der Waals surface area (Å²) in [4.78, 5) is 16.3. The lowest BCUT2D eigenvalue weighted by Crippen LogP contribution is -2.12. The van der Waals surface area contributed by atoms with Gasteiger partial charge in [0.2, 0.25) is 0 Å². The third-order valence-electron chi connectivity index (χ3n) is 1.95. The maximum Gasteiger partial charge on any atom is 0.258 e. The van der Waals surface area contributed by atoms with Crippen molar-refractivity contribution in [1.29, 1.82) is 5.26 Å². The molecule has 1 N–H and O–H groups in total. The van der Waals surface area contributed by atoms with Gasteiger partial charge >= 0.3 is 0 Å². The molecule has 0 unspecified atom stereocenters. The summed E-state index contributed by atoms with van der Waals surface area (Å²) < 4.78 is 0.717. The average Bonchev–Trinajstić information content (AvgIpc) is 2.77. The Balaban J connectivity index is 2.18. The summed E-state index contributed by atoms with van der Waals surface area (Å²) in [6, 6.07) is 9.07. The predicted molar refractivity (Wildman–Crippen MR) is 68.9 cm³/mol. The first-order valence-electron chi connectivity index (χ1n) is 4.62. The number of hydrogen-bond acceptors (Lipinski definition) is 4. The van der Waals surface area contributed by atoms with Crippen molar-refractivity contribution in [3.63, 3.8) is 0 Å².